The van der Waals surface area contributed by atoms with Crippen LogP contribution < -0.4 is 14.8 Å². The van der Waals surface area contributed by atoms with Crippen molar-refractivity contribution in [3.63, 3.8) is 0 Å². The van der Waals surface area contributed by atoms with Crippen molar-refractivity contribution >= 4 is 68.1 Å². The zero-order valence-electron chi connectivity index (χ0n) is 15.9. The average Bonchev–Trinajstić information content (AvgIpc) is 2.97. The second-order valence-electron chi connectivity index (χ2n) is 6.09. The number of halogens is 2. The normalized spacial score (nSPS) is 14.9. The van der Waals surface area contributed by atoms with E-state index in [1.807, 2.05) is 0 Å². The van der Waals surface area contributed by atoms with Gasteiger partial charge in [0.25, 0.3) is 11.1 Å². The molecule has 1 N–H and O–H groups in total. The summed E-state index contributed by atoms with van der Waals surface area (Å²) in [7, 11) is 3.04. The summed E-state index contributed by atoms with van der Waals surface area (Å²) < 4.78 is 11.1. The molecule has 7 nitrogen and oxygen atoms in total. The van der Waals surface area contributed by atoms with E-state index < -0.39 is 23.6 Å². The number of anilines is 1. The molecule has 10 heteroatoms. The minimum absolute atomic E-state index is 0.204. The number of hydrogen-bond acceptors (Lipinski definition) is 6. The number of carbonyl (C=O) groups is 3. The van der Waals surface area contributed by atoms with Gasteiger partial charge in [0.1, 0.15) is 18.0 Å². The van der Waals surface area contributed by atoms with E-state index in [-0.39, 0.29) is 4.91 Å². The van der Waals surface area contributed by atoms with Gasteiger partial charge in [0.2, 0.25) is 5.91 Å². The first-order valence-corrected chi connectivity index (χ1v) is 10.5. The third kappa shape index (κ3) is 5.16. The highest BCUT2D eigenvalue weighted by Crippen LogP contribution is 2.34. The Labute approximate surface area is 190 Å². The first-order chi connectivity index (χ1) is 14.3. The monoisotopic (exact) mass is 510 g/mol. The van der Waals surface area contributed by atoms with Crippen LogP contribution in [0.25, 0.3) is 6.08 Å². The van der Waals surface area contributed by atoms with E-state index in [1.165, 1.54) is 14.2 Å². The Morgan fingerprint density at radius 2 is 1.83 bits per heavy atom. The third-order valence-corrected chi connectivity index (χ3v) is 6.19. The van der Waals surface area contributed by atoms with E-state index in [0.29, 0.717) is 32.2 Å². The van der Waals surface area contributed by atoms with E-state index in [9.17, 15) is 14.4 Å². The molecule has 156 valence electrons. The quantitative estimate of drug-likeness (QED) is 0.561. The summed E-state index contributed by atoms with van der Waals surface area (Å²) >= 11 is 10.0. The van der Waals surface area contributed by atoms with E-state index >= 15 is 0 Å². The largest absolute Gasteiger partial charge is 0.497 e. The van der Waals surface area contributed by atoms with Crippen LogP contribution in [0.5, 0.6) is 11.5 Å². The molecule has 1 heterocycles. The lowest BCUT2D eigenvalue weighted by Gasteiger charge is -2.12. The topological polar surface area (TPSA) is 84.9 Å². The van der Waals surface area contributed by atoms with Gasteiger partial charge < -0.3 is 14.8 Å². The molecule has 1 aliphatic rings. The highest BCUT2D eigenvalue weighted by atomic mass is 79.9. The molecule has 2 aromatic rings. The maximum atomic E-state index is 12.7. The van der Waals surface area contributed by atoms with Crippen molar-refractivity contribution in [2.45, 2.75) is 0 Å². The number of nitrogens with one attached hydrogen (secondary N) is 1. The highest BCUT2D eigenvalue weighted by Gasteiger charge is 2.36. The summed E-state index contributed by atoms with van der Waals surface area (Å²) in [4.78, 5) is 38.4. The van der Waals surface area contributed by atoms with Crippen molar-refractivity contribution in [1.82, 2.24) is 4.90 Å². The smallest absolute Gasteiger partial charge is 0.294 e. The number of thioether (sulfide) groups is 1. The lowest BCUT2D eigenvalue weighted by molar-refractivity contribution is -0.127. The summed E-state index contributed by atoms with van der Waals surface area (Å²) in [6.07, 6.45) is 1.56. The van der Waals surface area contributed by atoms with Crippen LogP contribution >= 0.6 is 39.3 Å². The lowest BCUT2D eigenvalue weighted by Crippen LogP contribution is -2.36. The Kier molecular flexibility index (Phi) is 7.06. The molecule has 0 aromatic heterocycles. The van der Waals surface area contributed by atoms with Crippen LogP contribution in [-0.4, -0.2) is 42.7 Å². The fourth-order valence-corrected chi connectivity index (χ4v) is 3.88. The fraction of sp³-hybridized carbons (Fsp3) is 0.150. The van der Waals surface area contributed by atoms with Gasteiger partial charge in [-0.2, -0.15) is 0 Å². The van der Waals surface area contributed by atoms with Gasteiger partial charge in [0, 0.05) is 16.2 Å². The molecule has 1 aliphatic heterocycles. The van der Waals surface area contributed by atoms with Crippen LogP contribution in [0.4, 0.5) is 10.5 Å². The van der Waals surface area contributed by atoms with Gasteiger partial charge >= 0.3 is 0 Å². The van der Waals surface area contributed by atoms with Gasteiger partial charge in [-0.05, 0) is 69.7 Å². The molecule has 0 unspecified atom stereocenters. The Balaban J connectivity index is 1.73. The van der Waals surface area contributed by atoms with Gasteiger partial charge in [-0.15, -0.1) is 0 Å². The summed E-state index contributed by atoms with van der Waals surface area (Å²) in [6, 6.07) is 10.0. The summed E-state index contributed by atoms with van der Waals surface area (Å²) in [5.41, 5.74) is 1.09. The van der Waals surface area contributed by atoms with Crippen LogP contribution in [-0.2, 0) is 9.59 Å². The van der Waals surface area contributed by atoms with Crippen LogP contribution in [0.3, 0.4) is 0 Å². The molecule has 0 aliphatic carbocycles. The van der Waals surface area contributed by atoms with E-state index in [0.717, 1.165) is 16.7 Å². The van der Waals surface area contributed by atoms with Gasteiger partial charge in [-0.25, -0.2) is 0 Å². The van der Waals surface area contributed by atoms with Crippen molar-refractivity contribution in [3.8, 4) is 11.5 Å². The van der Waals surface area contributed by atoms with Crippen molar-refractivity contribution in [3.05, 3.63) is 56.4 Å². The average molecular weight is 512 g/mol. The first kappa shape index (κ1) is 22.2. The van der Waals surface area contributed by atoms with Crippen LogP contribution in [0.1, 0.15) is 5.56 Å². The van der Waals surface area contributed by atoms with E-state index in [2.05, 4.69) is 21.2 Å². The predicted octanol–water partition coefficient (Wildman–Crippen LogP) is 4.79. The molecule has 0 saturated carbocycles. The minimum Gasteiger partial charge on any atom is -0.497 e. The molecule has 0 atom stereocenters. The van der Waals surface area contributed by atoms with E-state index in [1.54, 1.807) is 42.5 Å². The van der Waals surface area contributed by atoms with Crippen molar-refractivity contribution < 1.29 is 23.9 Å². The number of hydrogen-bond donors (Lipinski definition) is 1. The number of amides is 3. The molecule has 2 aromatic carbocycles. The van der Waals surface area contributed by atoms with Gasteiger partial charge in [-0.1, -0.05) is 11.6 Å². The van der Waals surface area contributed by atoms with Crippen LogP contribution in [0.15, 0.2) is 45.8 Å². The number of benzene rings is 2. The van der Waals surface area contributed by atoms with Crippen LogP contribution in [0.2, 0.25) is 5.02 Å². The van der Waals surface area contributed by atoms with Crippen molar-refractivity contribution in [2.75, 3.05) is 26.1 Å². The number of ether oxygens (including phenoxy) is 2. The van der Waals surface area contributed by atoms with Crippen molar-refractivity contribution in [1.29, 1.82) is 0 Å². The maximum absolute atomic E-state index is 12.7. The molecule has 3 amide bonds. The summed E-state index contributed by atoms with van der Waals surface area (Å²) in [5.74, 6) is 0.0375. The van der Waals surface area contributed by atoms with Crippen molar-refractivity contribution in [2.24, 2.45) is 0 Å². The van der Waals surface area contributed by atoms with Crippen LogP contribution in [0, 0.1) is 0 Å². The summed E-state index contributed by atoms with van der Waals surface area (Å²) in [6.45, 7) is -0.406. The lowest BCUT2D eigenvalue weighted by atomic mass is 10.2. The van der Waals surface area contributed by atoms with Gasteiger partial charge in [-0.3, -0.25) is 19.3 Å². The SMILES string of the molecule is COc1cc(/C=C2/SC(=O)N(CC(=O)Nc3ccc(Br)c(Cl)c3)C2=O)cc(OC)c1. The molecule has 30 heavy (non-hydrogen) atoms. The minimum atomic E-state index is -0.546. The fourth-order valence-electron chi connectivity index (χ4n) is 2.62. The van der Waals surface area contributed by atoms with Gasteiger partial charge in [0.05, 0.1) is 24.1 Å². The first-order valence-electron chi connectivity index (χ1n) is 8.54. The number of nitrogens with zero attached hydrogens (tertiary/aromatic N) is 1. The number of methoxy groups -OCH3 is 2. The standard InChI is InChI=1S/C20H16BrClN2O5S/c1-28-13-5-11(6-14(9-13)29-2)7-17-19(26)24(20(27)30-17)10-18(25)23-12-3-4-15(21)16(22)8-12/h3-9H,10H2,1-2H3,(H,23,25)/b17-7+. The molecular formula is C20H16BrClN2O5S. The zero-order valence-corrected chi connectivity index (χ0v) is 19.1. The Hall–Kier alpha value is -2.49. The zero-order chi connectivity index (χ0) is 21.8. The number of imide groups is 1. The molecule has 3 rings (SSSR count). The molecule has 0 spiro atoms. The molecule has 1 saturated heterocycles. The van der Waals surface area contributed by atoms with E-state index in [4.69, 9.17) is 21.1 Å². The molecule has 0 radical (unpaired) electrons. The number of carbonyl (C=O) groups excluding carboxylic acids is 3. The molecular weight excluding hydrogens is 496 g/mol. The Morgan fingerprint density at radius 3 is 2.43 bits per heavy atom. The predicted molar refractivity (Wildman–Crippen MR) is 120 cm³/mol. The molecule has 0 bridgehead atoms. The Bertz CT molecular complexity index is 1040. The second-order valence-corrected chi connectivity index (χ2v) is 8.35. The maximum Gasteiger partial charge on any atom is 0.294 e. The molecule has 1 fully saturated rings. The number of rotatable bonds is 6. The van der Waals surface area contributed by atoms with Gasteiger partial charge in [0.15, 0.2) is 0 Å². The third-order valence-electron chi connectivity index (χ3n) is 4.05. The Morgan fingerprint density at radius 1 is 1.17 bits per heavy atom. The second kappa shape index (κ2) is 9.55. The highest BCUT2D eigenvalue weighted by molar-refractivity contribution is 9.10. The summed E-state index contributed by atoms with van der Waals surface area (Å²) in [5, 5.41) is 2.52.